The first-order valence-corrected chi connectivity index (χ1v) is 11.0. The molecule has 0 aromatic heterocycles. The molecule has 1 saturated heterocycles. The lowest BCUT2D eigenvalue weighted by Gasteiger charge is -2.27. The molecule has 0 unspecified atom stereocenters. The predicted molar refractivity (Wildman–Crippen MR) is 122 cm³/mol. The number of carbonyl (C=O) groups excluding carboxylic acids is 2. The summed E-state index contributed by atoms with van der Waals surface area (Å²) in [5, 5.41) is 12.1. The van der Waals surface area contributed by atoms with Gasteiger partial charge in [0.15, 0.2) is 16.7 Å². The first-order chi connectivity index (χ1) is 16.7. The monoisotopic (exact) mass is 502 g/mol. The number of hydrogen-bond donors (Lipinski definition) is 1. The van der Waals surface area contributed by atoms with Gasteiger partial charge in [0.25, 0.3) is 5.91 Å². The van der Waals surface area contributed by atoms with E-state index < -0.39 is 23.4 Å². The molecule has 35 heavy (non-hydrogen) atoms. The highest BCUT2D eigenvalue weighted by atomic mass is 32.2. The Bertz CT molecular complexity index is 1300. The third-order valence-corrected chi connectivity index (χ3v) is 6.08. The van der Waals surface area contributed by atoms with Gasteiger partial charge >= 0.3 is 6.18 Å². The quantitative estimate of drug-likeness (QED) is 0.635. The fourth-order valence-electron chi connectivity index (χ4n) is 3.37. The number of piperazine rings is 1. The summed E-state index contributed by atoms with van der Waals surface area (Å²) in [7, 11) is 1.33. The van der Waals surface area contributed by atoms with Crippen LogP contribution in [0.5, 0.6) is 17.2 Å². The van der Waals surface area contributed by atoms with E-state index in [9.17, 15) is 22.8 Å². The lowest BCUT2D eigenvalue weighted by Crippen LogP contribution is -2.49. The number of carbonyl (C=O) groups is 2. The van der Waals surface area contributed by atoms with Gasteiger partial charge in [-0.2, -0.15) is 23.4 Å². The van der Waals surface area contributed by atoms with Crippen LogP contribution in [0.25, 0.3) is 6.08 Å². The number of amidine groups is 1. The van der Waals surface area contributed by atoms with Crippen molar-refractivity contribution in [2.75, 3.05) is 26.7 Å². The molecule has 2 amide bonds. The minimum atomic E-state index is -4.73. The van der Waals surface area contributed by atoms with Crippen molar-refractivity contribution in [2.45, 2.75) is 6.18 Å². The van der Waals surface area contributed by atoms with Crippen LogP contribution in [0.2, 0.25) is 0 Å². The van der Waals surface area contributed by atoms with Gasteiger partial charge < -0.3 is 19.7 Å². The van der Waals surface area contributed by atoms with Crippen LogP contribution in [0.3, 0.4) is 0 Å². The smallest absolute Gasteiger partial charge is 0.420 e. The number of aliphatic imine (C=N–C) groups is 1. The number of ether oxygens (including phenoxy) is 2. The van der Waals surface area contributed by atoms with E-state index in [0.717, 1.165) is 17.8 Å². The third-order valence-electron chi connectivity index (χ3n) is 5.04. The zero-order valence-electron chi connectivity index (χ0n) is 18.2. The lowest BCUT2D eigenvalue weighted by molar-refractivity contribution is -0.138. The second-order valence-corrected chi connectivity index (χ2v) is 8.42. The van der Waals surface area contributed by atoms with Crippen molar-refractivity contribution in [3.8, 4) is 23.3 Å². The Morgan fingerprint density at radius 1 is 1.17 bits per heavy atom. The molecule has 8 nitrogen and oxygen atoms in total. The van der Waals surface area contributed by atoms with Crippen LogP contribution in [0.4, 0.5) is 13.2 Å². The summed E-state index contributed by atoms with van der Waals surface area (Å²) in [6, 6.07) is 9.18. The van der Waals surface area contributed by atoms with Gasteiger partial charge in [-0.3, -0.25) is 9.59 Å². The minimum Gasteiger partial charge on any atom is -0.493 e. The predicted octanol–water partition coefficient (Wildman–Crippen LogP) is 3.78. The molecule has 0 aliphatic carbocycles. The molecular weight excluding hydrogens is 485 g/mol. The van der Waals surface area contributed by atoms with Crippen molar-refractivity contribution < 1.29 is 32.2 Å². The van der Waals surface area contributed by atoms with Gasteiger partial charge in [0.1, 0.15) is 5.75 Å². The van der Waals surface area contributed by atoms with E-state index in [1.54, 1.807) is 23.1 Å². The van der Waals surface area contributed by atoms with Gasteiger partial charge in [-0.25, -0.2) is 0 Å². The van der Waals surface area contributed by atoms with Crippen molar-refractivity contribution in [1.82, 2.24) is 10.2 Å². The van der Waals surface area contributed by atoms with E-state index >= 15 is 0 Å². The van der Waals surface area contributed by atoms with Gasteiger partial charge in [0.2, 0.25) is 5.91 Å². The van der Waals surface area contributed by atoms with E-state index in [1.165, 1.54) is 25.3 Å². The second kappa shape index (κ2) is 9.71. The van der Waals surface area contributed by atoms with Crippen LogP contribution < -0.4 is 14.8 Å². The molecule has 2 heterocycles. The molecule has 1 fully saturated rings. The number of alkyl halides is 3. The zero-order valence-corrected chi connectivity index (χ0v) is 19.0. The summed E-state index contributed by atoms with van der Waals surface area (Å²) in [6.07, 6.45) is -3.16. The molecule has 12 heteroatoms. The minimum absolute atomic E-state index is 0.0199. The standard InChI is InChI=1S/C23H17F3N4O4S/c1-33-18-9-13(10-19-21(32)29-22(35-19)30-7-6-28-20(31)12-30)2-5-17(18)34-16-4-3-14(11-27)8-15(16)23(24,25)26/h2-5,8-10H,6-7,12H2,1H3,(H,28,31)/b19-10-. The number of hydrogen-bond acceptors (Lipinski definition) is 7. The van der Waals surface area contributed by atoms with Gasteiger partial charge in [-0.15, -0.1) is 0 Å². The first-order valence-electron chi connectivity index (χ1n) is 10.2. The Kier molecular flexibility index (Phi) is 6.70. The van der Waals surface area contributed by atoms with Crippen LogP contribution in [0.1, 0.15) is 16.7 Å². The van der Waals surface area contributed by atoms with Crippen molar-refractivity contribution >= 4 is 34.8 Å². The van der Waals surface area contributed by atoms with Gasteiger partial charge in [0.05, 0.1) is 35.8 Å². The first kappa shape index (κ1) is 24.2. The van der Waals surface area contributed by atoms with Crippen molar-refractivity contribution in [2.24, 2.45) is 4.99 Å². The fourth-order valence-corrected chi connectivity index (χ4v) is 4.31. The zero-order chi connectivity index (χ0) is 25.2. The molecule has 0 atom stereocenters. The third kappa shape index (κ3) is 5.41. The lowest BCUT2D eigenvalue weighted by atomic mass is 10.1. The largest absolute Gasteiger partial charge is 0.493 e. The van der Waals surface area contributed by atoms with Crippen LogP contribution >= 0.6 is 11.8 Å². The highest BCUT2D eigenvalue weighted by Gasteiger charge is 2.35. The van der Waals surface area contributed by atoms with Crippen molar-refractivity contribution in [1.29, 1.82) is 5.26 Å². The Balaban J connectivity index is 1.56. The average Bonchev–Trinajstić information content (AvgIpc) is 3.19. The van der Waals surface area contributed by atoms with Crippen molar-refractivity contribution in [3.05, 3.63) is 58.0 Å². The summed E-state index contributed by atoms with van der Waals surface area (Å²) < 4.78 is 51.2. The SMILES string of the molecule is COc1cc(/C=C2\SC(N3CCNC(=O)C3)=NC2=O)ccc1Oc1ccc(C#N)cc1C(F)(F)F. The topological polar surface area (TPSA) is 104 Å². The molecule has 2 aromatic rings. The molecule has 180 valence electrons. The van der Waals surface area contributed by atoms with Crippen LogP contribution in [-0.2, 0) is 15.8 Å². The molecule has 0 radical (unpaired) electrons. The number of thioether (sulfide) groups is 1. The maximum Gasteiger partial charge on any atom is 0.420 e. The molecule has 2 aromatic carbocycles. The van der Waals surface area contributed by atoms with Crippen LogP contribution in [-0.4, -0.2) is 48.6 Å². The van der Waals surface area contributed by atoms with E-state index in [0.29, 0.717) is 34.8 Å². The number of nitriles is 1. The molecule has 0 saturated carbocycles. The van der Waals surface area contributed by atoms with Gasteiger partial charge in [-0.05, 0) is 53.7 Å². The van der Waals surface area contributed by atoms with Crippen LogP contribution in [0, 0.1) is 11.3 Å². The molecule has 2 aliphatic heterocycles. The molecule has 1 N–H and O–H groups in total. The van der Waals surface area contributed by atoms with E-state index in [1.807, 2.05) is 0 Å². The number of benzene rings is 2. The number of nitrogens with zero attached hydrogens (tertiary/aromatic N) is 3. The fraction of sp³-hybridized carbons (Fsp3) is 0.217. The highest BCUT2D eigenvalue weighted by Crippen LogP contribution is 2.41. The summed E-state index contributed by atoms with van der Waals surface area (Å²) in [5.41, 5.74) is -0.702. The van der Waals surface area contributed by atoms with E-state index in [-0.39, 0.29) is 29.5 Å². The Morgan fingerprint density at radius 3 is 2.63 bits per heavy atom. The van der Waals surface area contributed by atoms with Gasteiger partial charge in [-0.1, -0.05) is 6.07 Å². The molecule has 0 spiro atoms. The van der Waals surface area contributed by atoms with Crippen molar-refractivity contribution in [3.63, 3.8) is 0 Å². The summed E-state index contributed by atoms with van der Waals surface area (Å²) in [4.78, 5) is 30.0. The maximum atomic E-state index is 13.5. The average molecular weight is 502 g/mol. The van der Waals surface area contributed by atoms with E-state index in [4.69, 9.17) is 14.7 Å². The number of amides is 2. The maximum absolute atomic E-state index is 13.5. The number of methoxy groups -OCH3 is 1. The number of rotatable bonds is 4. The van der Waals surface area contributed by atoms with Crippen LogP contribution in [0.15, 0.2) is 46.3 Å². The second-order valence-electron chi connectivity index (χ2n) is 7.41. The normalized spacial score (nSPS) is 17.2. The molecular formula is C23H17F3N4O4S. The summed E-state index contributed by atoms with van der Waals surface area (Å²) in [6.45, 7) is 1.11. The molecule has 2 aliphatic rings. The molecule has 0 bridgehead atoms. The highest BCUT2D eigenvalue weighted by molar-refractivity contribution is 8.18. The Labute approximate surface area is 202 Å². The molecule has 4 rings (SSSR count). The number of nitrogens with one attached hydrogen (secondary N) is 1. The van der Waals surface area contributed by atoms with Gasteiger partial charge in [0, 0.05) is 13.1 Å². The summed E-state index contributed by atoms with van der Waals surface area (Å²) in [5.74, 6) is -0.929. The van der Waals surface area contributed by atoms with E-state index in [2.05, 4.69) is 10.3 Å². The Hall–Kier alpha value is -3.98. The summed E-state index contributed by atoms with van der Waals surface area (Å²) >= 11 is 1.13. The number of halogens is 3. The Morgan fingerprint density at radius 2 is 1.94 bits per heavy atom.